The number of carbonyl (C=O) groups excluding carboxylic acids is 1. The summed E-state index contributed by atoms with van der Waals surface area (Å²) in [5.41, 5.74) is 8.08. The quantitative estimate of drug-likeness (QED) is 0.908. The molecule has 0 unspecified atom stereocenters. The van der Waals surface area contributed by atoms with Gasteiger partial charge in [0.2, 0.25) is 0 Å². The lowest BCUT2D eigenvalue weighted by molar-refractivity contribution is 0.0943. The lowest BCUT2D eigenvalue weighted by Crippen LogP contribution is -2.32. The Labute approximate surface area is 133 Å². The first-order valence-electron chi connectivity index (χ1n) is 7.39. The maximum absolute atomic E-state index is 12.3. The second-order valence-corrected chi connectivity index (χ2v) is 6.23. The van der Waals surface area contributed by atoms with E-state index in [2.05, 4.69) is 9.69 Å². The third kappa shape index (κ3) is 2.92. The van der Waals surface area contributed by atoms with Crippen LogP contribution in [0.25, 0.3) is 11.3 Å². The number of methoxy groups -OCH3 is 1. The maximum atomic E-state index is 12.3. The number of hydrogen-bond acceptors (Lipinski definition) is 5. The van der Waals surface area contributed by atoms with Crippen molar-refractivity contribution in [1.29, 1.82) is 0 Å². The zero-order chi connectivity index (χ0) is 15.5. The van der Waals surface area contributed by atoms with Gasteiger partial charge in [-0.1, -0.05) is 25.0 Å². The van der Waals surface area contributed by atoms with Gasteiger partial charge in [0.05, 0.1) is 12.8 Å². The van der Waals surface area contributed by atoms with Gasteiger partial charge in [0.25, 0.3) is 5.91 Å². The average molecular weight is 317 g/mol. The normalized spacial score (nSPS) is 15.0. The van der Waals surface area contributed by atoms with E-state index in [-0.39, 0.29) is 11.9 Å². The van der Waals surface area contributed by atoms with E-state index in [0.717, 1.165) is 35.7 Å². The van der Waals surface area contributed by atoms with E-state index in [1.807, 2.05) is 24.3 Å². The van der Waals surface area contributed by atoms with E-state index in [4.69, 9.17) is 10.5 Å². The van der Waals surface area contributed by atoms with Crippen molar-refractivity contribution in [3.8, 4) is 17.0 Å². The van der Waals surface area contributed by atoms with E-state index >= 15 is 0 Å². The van der Waals surface area contributed by atoms with Gasteiger partial charge in [-0.05, 0) is 36.5 Å². The van der Waals surface area contributed by atoms with Crippen LogP contribution < -0.4 is 15.8 Å². The number of hydrogen-bond donors (Lipinski definition) is 2. The Hall–Kier alpha value is -2.08. The summed E-state index contributed by atoms with van der Waals surface area (Å²) in [6.07, 6.45) is 4.46. The van der Waals surface area contributed by atoms with Gasteiger partial charge < -0.3 is 15.8 Å². The van der Waals surface area contributed by atoms with Crippen molar-refractivity contribution in [1.82, 2.24) is 9.69 Å². The van der Waals surface area contributed by atoms with E-state index in [1.54, 1.807) is 7.11 Å². The summed E-state index contributed by atoms with van der Waals surface area (Å²) in [5, 5.41) is 3.05. The minimum atomic E-state index is -0.115. The van der Waals surface area contributed by atoms with Crippen LogP contribution in [-0.4, -0.2) is 23.4 Å². The summed E-state index contributed by atoms with van der Waals surface area (Å²) in [6.45, 7) is 0. The summed E-state index contributed by atoms with van der Waals surface area (Å²) in [7, 11) is 1.62. The van der Waals surface area contributed by atoms with Gasteiger partial charge in [-0.2, -0.15) is 4.37 Å². The van der Waals surface area contributed by atoms with Gasteiger partial charge in [0, 0.05) is 11.6 Å². The third-order valence-electron chi connectivity index (χ3n) is 3.97. The molecule has 6 heteroatoms. The Morgan fingerprint density at radius 2 is 2.18 bits per heavy atom. The standard InChI is InChI=1S/C16H19N3O2S/c1-21-12-8-4-5-10(9-12)14-13(17)15(22-19-14)16(20)18-11-6-2-3-7-11/h4-5,8-9,11H,2-3,6-7,17H2,1H3,(H,18,20). The number of carbonyl (C=O) groups is 1. The zero-order valence-corrected chi connectivity index (χ0v) is 13.3. The fourth-order valence-corrected chi connectivity index (χ4v) is 3.48. The minimum Gasteiger partial charge on any atom is -0.497 e. The summed E-state index contributed by atoms with van der Waals surface area (Å²) >= 11 is 1.15. The van der Waals surface area contributed by atoms with Crippen molar-refractivity contribution < 1.29 is 9.53 Å². The predicted octanol–water partition coefficient (Wildman–Crippen LogP) is 3.07. The fourth-order valence-electron chi connectivity index (χ4n) is 2.76. The number of nitrogens with one attached hydrogen (secondary N) is 1. The highest BCUT2D eigenvalue weighted by Gasteiger charge is 2.23. The molecule has 2 aromatic rings. The summed E-state index contributed by atoms with van der Waals surface area (Å²) < 4.78 is 9.57. The molecule has 22 heavy (non-hydrogen) atoms. The van der Waals surface area contributed by atoms with Crippen LogP contribution in [0.5, 0.6) is 5.75 Å². The number of rotatable bonds is 4. The molecule has 0 atom stereocenters. The molecule has 0 spiro atoms. The van der Waals surface area contributed by atoms with Crippen molar-refractivity contribution in [3.05, 3.63) is 29.1 Å². The highest BCUT2D eigenvalue weighted by Crippen LogP contribution is 2.32. The van der Waals surface area contributed by atoms with Crippen molar-refractivity contribution in [2.75, 3.05) is 12.8 Å². The van der Waals surface area contributed by atoms with Crippen LogP contribution in [0.4, 0.5) is 5.69 Å². The Balaban J connectivity index is 1.83. The molecule has 1 aliphatic carbocycles. The number of amides is 1. The Kier molecular flexibility index (Phi) is 4.29. The molecule has 3 rings (SSSR count). The van der Waals surface area contributed by atoms with Crippen LogP contribution in [-0.2, 0) is 0 Å². The molecular weight excluding hydrogens is 298 g/mol. The predicted molar refractivity (Wildman–Crippen MR) is 88.2 cm³/mol. The molecule has 0 saturated heterocycles. The average Bonchev–Trinajstić information content (AvgIpc) is 3.17. The van der Waals surface area contributed by atoms with Gasteiger partial charge in [-0.25, -0.2) is 0 Å². The van der Waals surface area contributed by atoms with Crippen LogP contribution in [0.1, 0.15) is 35.4 Å². The number of nitrogens with two attached hydrogens (primary N) is 1. The van der Waals surface area contributed by atoms with E-state index in [9.17, 15) is 4.79 Å². The number of ether oxygens (including phenoxy) is 1. The molecule has 1 fully saturated rings. The van der Waals surface area contributed by atoms with E-state index in [1.165, 1.54) is 12.8 Å². The topological polar surface area (TPSA) is 77.2 Å². The molecule has 1 aromatic heterocycles. The van der Waals surface area contributed by atoms with Crippen molar-refractivity contribution in [2.24, 2.45) is 0 Å². The van der Waals surface area contributed by atoms with Crippen LogP contribution >= 0.6 is 11.5 Å². The Morgan fingerprint density at radius 3 is 2.91 bits per heavy atom. The summed E-state index contributed by atoms with van der Waals surface area (Å²) in [4.78, 5) is 12.8. The van der Waals surface area contributed by atoms with E-state index in [0.29, 0.717) is 16.3 Å². The summed E-state index contributed by atoms with van der Waals surface area (Å²) in [5.74, 6) is 0.623. The molecule has 1 saturated carbocycles. The summed E-state index contributed by atoms with van der Waals surface area (Å²) in [6, 6.07) is 7.79. The molecule has 1 aliphatic rings. The number of aromatic nitrogens is 1. The van der Waals surface area contributed by atoms with E-state index < -0.39 is 0 Å². The van der Waals surface area contributed by atoms with Crippen LogP contribution in [0, 0.1) is 0 Å². The Bertz CT molecular complexity index is 678. The number of benzene rings is 1. The van der Waals surface area contributed by atoms with Gasteiger partial charge >= 0.3 is 0 Å². The maximum Gasteiger partial charge on any atom is 0.265 e. The first-order chi connectivity index (χ1) is 10.7. The molecule has 0 bridgehead atoms. The minimum absolute atomic E-state index is 0.115. The van der Waals surface area contributed by atoms with Crippen LogP contribution in [0.15, 0.2) is 24.3 Å². The Morgan fingerprint density at radius 1 is 1.41 bits per heavy atom. The second kappa shape index (κ2) is 6.36. The number of nitrogen functional groups attached to an aromatic ring is 1. The lowest BCUT2D eigenvalue weighted by atomic mass is 10.1. The molecule has 0 radical (unpaired) electrons. The second-order valence-electron chi connectivity index (χ2n) is 5.46. The largest absolute Gasteiger partial charge is 0.497 e. The monoisotopic (exact) mass is 317 g/mol. The van der Waals surface area contributed by atoms with Gasteiger partial charge in [-0.15, -0.1) is 0 Å². The number of nitrogens with zero attached hydrogens (tertiary/aromatic N) is 1. The van der Waals surface area contributed by atoms with Crippen LogP contribution in [0.3, 0.4) is 0 Å². The van der Waals surface area contributed by atoms with Crippen molar-refractivity contribution >= 4 is 23.1 Å². The highest BCUT2D eigenvalue weighted by atomic mass is 32.1. The van der Waals surface area contributed by atoms with Gasteiger partial charge in [-0.3, -0.25) is 4.79 Å². The first kappa shape index (κ1) is 14.8. The zero-order valence-electron chi connectivity index (χ0n) is 12.5. The molecular formula is C16H19N3O2S. The first-order valence-corrected chi connectivity index (χ1v) is 8.17. The van der Waals surface area contributed by atoms with Gasteiger partial charge in [0.1, 0.15) is 16.3 Å². The lowest BCUT2D eigenvalue weighted by Gasteiger charge is -2.10. The van der Waals surface area contributed by atoms with Crippen molar-refractivity contribution in [3.63, 3.8) is 0 Å². The van der Waals surface area contributed by atoms with Crippen LogP contribution in [0.2, 0.25) is 0 Å². The van der Waals surface area contributed by atoms with Crippen molar-refractivity contribution in [2.45, 2.75) is 31.7 Å². The molecule has 0 aliphatic heterocycles. The smallest absolute Gasteiger partial charge is 0.265 e. The molecule has 1 aromatic carbocycles. The third-order valence-corrected chi connectivity index (χ3v) is 4.83. The molecule has 1 amide bonds. The molecule has 1 heterocycles. The molecule has 116 valence electrons. The molecule has 5 nitrogen and oxygen atoms in total. The number of anilines is 1. The van der Waals surface area contributed by atoms with Gasteiger partial charge in [0.15, 0.2) is 0 Å². The highest BCUT2D eigenvalue weighted by molar-refractivity contribution is 7.09. The SMILES string of the molecule is COc1cccc(-c2nsc(C(=O)NC3CCCC3)c2N)c1. The molecule has 3 N–H and O–H groups in total. The fraction of sp³-hybridized carbons (Fsp3) is 0.375.